The van der Waals surface area contributed by atoms with Crippen LogP contribution in [0.25, 0.3) is 0 Å². The van der Waals surface area contributed by atoms with Gasteiger partial charge in [-0.2, -0.15) is 0 Å². The Labute approximate surface area is 142 Å². The topological polar surface area (TPSA) is 33.2 Å². The van der Waals surface area contributed by atoms with E-state index in [0.717, 1.165) is 10.0 Å². The highest BCUT2D eigenvalue weighted by Gasteiger charge is 2.16. The number of hydrogen-bond acceptors (Lipinski definition) is 2. The Hall–Kier alpha value is -1.10. The van der Waals surface area contributed by atoms with Crippen molar-refractivity contribution in [1.29, 1.82) is 0 Å². The molecule has 1 aromatic heterocycles. The van der Waals surface area contributed by atoms with Gasteiger partial charge in [-0.3, -0.25) is 9.69 Å². The Morgan fingerprint density at radius 2 is 2.05 bits per heavy atom. The van der Waals surface area contributed by atoms with Crippen LogP contribution in [0.1, 0.15) is 12.5 Å². The first-order chi connectivity index (χ1) is 10.0. The van der Waals surface area contributed by atoms with Gasteiger partial charge in [0.25, 0.3) is 0 Å². The van der Waals surface area contributed by atoms with Gasteiger partial charge in [0.2, 0.25) is 5.91 Å². The molecule has 0 aliphatic heterocycles. The van der Waals surface area contributed by atoms with Crippen molar-refractivity contribution in [3.05, 3.63) is 56.6 Å². The van der Waals surface area contributed by atoms with Crippen LogP contribution in [-0.4, -0.2) is 17.4 Å². The van der Waals surface area contributed by atoms with Crippen LogP contribution in [0.15, 0.2) is 41.0 Å². The van der Waals surface area contributed by atoms with Crippen molar-refractivity contribution in [2.24, 2.45) is 0 Å². The number of pyridine rings is 1. The number of nitrogens with zero attached hydrogens (tertiary/aromatic N) is 2. The highest BCUT2D eigenvalue weighted by molar-refractivity contribution is 9.10. The molecule has 0 bridgehead atoms. The van der Waals surface area contributed by atoms with Crippen LogP contribution in [0.3, 0.4) is 0 Å². The molecule has 0 spiro atoms. The average Bonchev–Trinajstić information content (AvgIpc) is 2.45. The first-order valence-corrected chi connectivity index (χ1v) is 7.92. The van der Waals surface area contributed by atoms with Gasteiger partial charge < -0.3 is 0 Å². The minimum Gasteiger partial charge on any atom is -0.297 e. The van der Waals surface area contributed by atoms with Gasteiger partial charge in [-0.25, -0.2) is 4.98 Å². The van der Waals surface area contributed by atoms with Gasteiger partial charge >= 0.3 is 0 Å². The maximum atomic E-state index is 12.4. The number of hydrogen-bond donors (Lipinski definition) is 0. The van der Waals surface area contributed by atoms with Crippen LogP contribution in [0.4, 0.5) is 5.82 Å². The van der Waals surface area contributed by atoms with E-state index in [9.17, 15) is 4.79 Å². The third-order valence-corrected chi connectivity index (χ3v) is 4.02. The number of carbonyl (C=O) groups is 1. The van der Waals surface area contributed by atoms with E-state index in [1.807, 2.05) is 13.0 Å². The number of anilines is 1. The molecule has 0 saturated heterocycles. The van der Waals surface area contributed by atoms with Gasteiger partial charge in [-0.1, -0.05) is 29.3 Å². The Balaban J connectivity index is 2.18. The number of carbonyl (C=O) groups excluding carboxylic acids is 1. The largest absolute Gasteiger partial charge is 0.297 e. The maximum absolute atomic E-state index is 12.4. The molecule has 0 N–H and O–H groups in total. The Morgan fingerprint density at radius 1 is 1.29 bits per heavy atom. The van der Waals surface area contributed by atoms with Crippen LogP contribution in [0.2, 0.25) is 10.0 Å². The van der Waals surface area contributed by atoms with Crippen molar-refractivity contribution in [2.75, 3.05) is 11.4 Å². The van der Waals surface area contributed by atoms with Gasteiger partial charge in [-0.15, -0.1) is 0 Å². The van der Waals surface area contributed by atoms with Gasteiger partial charge in [0.1, 0.15) is 5.82 Å². The summed E-state index contributed by atoms with van der Waals surface area (Å²) in [4.78, 5) is 18.3. The van der Waals surface area contributed by atoms with Crippen molar-refractivity contribution in [3.8, 4) is 0 Å². The van der Waals surface area contributed by atoms with Crippen LogP contribution in [-0.2, 0) is 11.2 Å². The third kappa shape index (κ3) is 4.19. The zero-order chi connectivity index (χ0) is 15.4. The number of likely N-dealkylation sites (N-methyl/N-ethyl adjacent to an activating group) is 1. The monoisotopic (exact) mass is 386 g/mol. The van der Waals surface area contributed by atoms with Gasteiger partial charge in [-0.05, 0) is 52.7 Å². The molecule has 0 atom stereocenters. The maximum Gasteiger partial charge on any atom is 0.232 e. The molecule has 0 saturated carbocycles. The fourth-order valence-electron chi connectivity index (χ4n) is 1.92. The fourth-order valence-corrected chi connectivity index (χ4v) is 2.63. The lowest BCUT2D eigenvalue weighted by Crippen LogP contribution is -2.32. The molecule has 21 heavy (non-hydrogen) atoms. The van der Waals surface area contributed by atoms with Crippen molar-refractivity contribution in [3.63, 3.8) is 0 Å². The van der Waals surface area contributed by atoms with Gasteiger partial charge in [0, 0.05) is 27.3 Å². The molecule has 0 radical (unpaired) electrons. The molecule has 0 fully saturated rings. The van der Waals surface area contributed by atoms with E-state index >= 15 is 0 Å². The summed E-state index contributed by atoms with van der Waals surface area (Å²) in [5.41, 5.74) is 0.752. The summed E-state index contributed by atoms with van der Waals surface area (Å²) in [5.74, 6) is 0.562. The van der Waals surface area contributed by atoms with Gasteiger partial charge in [0.15, 0.2) is 0 Å². The highest BCUT2D eigenvalue weighted by Crippen LogP contribution is 2.23. The number of halogens is 3. The second-order valence-electron chi connectivity index (χ2n) is 4.39. The molecule has 1 heterocycles. The first-order valence-electron chi connectivity index (χ1n) is 6.37. The average molecular weight is 388 g/mol. The predicted molar refractivity (Wildman–Crippen MR) is 90.1 cm³/mol. The normalized spacial score (nSPS) is 10.5. The first kappa shape index (κ1) is 16.3. The number of benzene rings is 1. The summed E-state index contributed by atoms with van der Waals surface area (Å²) in [7, 11) is 0. The second kappa shape index (κ2) is 7.25. The Kier molecular flexibility index (Phi) is 5.62. The van der Waals surface area contributed by atoms with Crippen LogP contribution in [0.5, 0.6) is 0 Å². The van der Waals surface area contributed by atoms with E-state index < -0.39 is 0 Å². The van der Waals surface area contributed by atoms with E-state index in [2.05, 4.69) is 20.9 Å². The zero-order valence-electron chi connectivity index (χ0n) is 11.3. The lowest BCUT2D eigenvalue weighted by molar-refractivity contribution is -0.118. The van der Waals surface area contributed by atoms with Crippen LogP contribution < -0.4 is 4.90 Å². The smallest absolute Gasteiger partial charge is 0.232 e. The van der Waals surface area contributed by atoms with Crippen molar-refractivity contribution < 1.29 is 4.79 Å². The molecular formula is C15H13BrCl2N2O. The predicted octanol–water partition coefficient (Wildman–Crippen LogP) is 4.75. The molecule has 0 unspecified atom stereocenters. The summed E-state index contributed by atoms with van der Waals surface area (Å²) in [6.07, 6.45) is 1.88. The van der Waals surface area contributed by atoms with E-state index in [1.165, 1.54) is 0 Å². The Bertz CT molecular complexity index is 647. The van der Waals surface area contributed by atoms with Crippen LogP contribution in [0, 0.1) is 0 Å². The second-order valence-corrected chi connectivity index (χ2v) is 6.14. The fraction of sp³-hybridized carbons (Fsp3) is 0.200. The minimum absolute atomic E-state index is 0.0588. The summed E-state index contributed by atoms with van der Waals surface area (Å²) >= 11 is 15.3. The van der Waals surface area contributed by atoms with Crippen molar-refractivity contribution in [2.45, 2.75) is 13.3 Å². The molecule has 6 heteroatoms. The molecule has 0 aliphatic rings. The van der Waals surface area contributed by atoms with E-state index in [0.29, 0.717) is 22.4 Å². The minimum atomic E-state index is -0.0588. The molecule has 2 aromatic rings. The Morgan fingerprint density at radius 3 is 2.62 bits per heavy atom. The lowest BCUT2D eigenvalue weighted by atomic mass is 10.1. The lowest BCUT2D eigenvalue weighted by Gasteiger charge is -2.20. The molecule has 2 rings (SSSR count). The summed E-state index contributed by atoms with van der Waals surface area (Å²) in [6, 6.07) is 8.79. The standard InChI is InChI=1S/C15H13BrCl2N2O/c1-2-20(14-6-4-11(16)9-19-14)15(21)7-10-3-5-12(17)8-13(10)18/h3-6,8-9H,2,7H2,1H3. The number of amides is 1. The molecule has 3 nitrogen and oxygen atoms in total. The summed E-state index contributed by atoms with van der Waals surface area (Å²) in [5, 5.41) is 1.05. The molecule has 1 aromatic carbocycles. The van der Waals surface area contributed by atoms with E-state index in [-0.39, 0.29) is 12.3 Å². The van der Waals surface area contributed by atoms with Crippen molar-refractivity contribution >= 4 is 50.9 Å². The number of aromatic nitrogens is 1. The number of rotatable bonds is 4. The molecule has 0 aliphatic carbocycles. The van der Waals surface area contributed by atoms with Gasteiger partial charge in [0.05, 0.1) is 6.42 Å². The van der Waals surface area contributed by atoms with Crippen molar-refractivity contribution in [1.82, 2.24) is 4.98 Å². The quantitative estimate of drug-likeness (QED) is 0.758. The SMILES string of the molecule is CCN(C(=O)Cc1ccc(Cl)cc1Cl)c1ccc(Br)cn1. The third-order valence-electron chi connectivity index (χ3n) is 2.96. The van der Waals surface area contributed by atoms with Crippen LogP contribution >= 0.6 is 39.1 Å². The molecule has 110 valence electrons. The van der Waals surface area contributed by atoms with E-state index in [4.69, 9.17) is 23.2 Å². The summed E-state index contributed by atoms with van der Waals surface area (Å²) < 4.78 is 0.871. The molecular weight excluding hydrogens is 375 g/mol. The zero-order valence-corrected chi connectivity index (χ0v) is 14.4. The summed E-state index contributed by atoms with van der Waals surface area (Å²) in [6.45, 7) is 2.45. The molecule has 1 amide bonds. The highest BCUT2D eigenvalue weighted by atomic mass is 79.9. The van der Waals surface area contributed by atoms with E-state index in [1.54, 1.807) is 35.4 Å².